The van der Waals surface area contributed by atoms with Crippen LogP contribution in [-0.2, 0) is 10.2 Å². The number of aromatic nitrogens is 1. The molecule has 0 aliphatic heterocycles. The number of thiazole rings is 1. The molecule has 0 spiro atoms. The summed E-state index contributed by atoms with van der Waals surface area (Å²) in [6.45, 7) is 6.49. The number of carbonyl (C=O) groups is 2. The molecule has 1 aromatic heterocycles. The lowest BCUT2D eigenvalue weighted by atomic mass is 9.91. The fourth-order valence-corrected chi connectivity index (χ4v) is 2.67. The van der Waals surface area contributed by atoms with Gasteiger partial charge < -0.3 is 10.0 Å². The Labute approximate surface area is 117 Å². The van der Waals surface area contributed by atoms with Gasteiger partial charge >= 0.3 is 5.97 Å². The van der Waals surface area contributed by atoms with Crippen molar-refractivity contribution in [2.45, 2.75) is 39.0 Å². The Bertz CT molecular complexity index is 463. The Morgan fingerprint density at radius 3 is 2.58 bits per heavy atom. The highest BCUT2D eigenvalue weighted by Gasteiger charge is 2.26. The second kappa shape index (κ2) is 6.14. The summed E-state index contributed by atoms with van der Waals surface area (Å²) in [4.78, 5) is 29.2. The molecule has 1 amide bonds. The lowest BCUT2D eigenvalue weighted by Gasteiger charge is -2.20. The maximum atomic E-state index is 12.3. The van der Waals surface area contributed by atoms with Gasteiger partial charge in [-0.25, -0.2) is 4.98 Å². The quantitative estimate of drug-likeness (QED) is 0.901. The van der Waals surface area contributed by atoms with Crippen LogP contribution in [0.3, 0.4) is 0 Å². The van der Waals surface area contributed by atoms with Crippen molar-refractivity contribution in [1.82, 2.24) is 9.88 Å². The fraction of sp³-hybridized carbons (Fsp3) is 0.615. The van der Waals surface area contributed by atoms with E-state index in [2.05, 4.69) is 4.98 Å². The Morgan fingerprint density at radius 2 is 2.05 bits per heavy atom. The van der Waals surface area contributed by atoms with E-state index in [0.717, 1.165) is 5.69 Å². The van der Waals surface area contributed by atoms with Gasteiger partial charge in [0.25, 0.3) is 5.91 Å². The molecule has 0 saturated carbocycles. The van der Waals surface area contributed by atoms with E-state index < -0.39 is 5.97 Å². The van der Waals surface area contributed by atoms with E-state index in [0.29, 0.717) is 17.8 Å². The number of hydrogen-bond donors (Lipinski definition) is 1. The Balaban J connectivity index is 2.72. The van der Waals surface area contributed by atoms with Crippen LogP contribution in [0, 0.1) is 0 Å². The van der Waals surface area contributed by atoms with Crippen molar-refractivity contribution in [3.63, 3.8) is 0 Å². The topological polar surface area (TPSA) is 70.5 Å². The van der Waals surface area contributed by atoms with Crippen LogP contribution >= 0.6 is 11.3 Å². The number of nitrogens with zero attached hydrogens (tertiary/aromatic N) is 2. The van der Waals surface area contributed by atoms with E-state index in [-0.39, 0.29) is 17.7 Å². The summed E-state index contributed by atoms with van der Waals surface area (Å²) >= 11 is 1.33. The van der Waals surface area contributed by atoms with E-state index in [9.17, 15) is 9.59 Å². The van der Waals surface area contributed by atoms with E-state index >= 15 is 0 Å². The number of carboxylic acid groups (broad SMARTS) is 1. The minimum absolute atomic E-state index is 0.0758. The van der Waals surface area contributed by atoms with Gasteiger partial charge in [-0.1, -0.05) is 20.8 Å². The fourth-order valence-electron chi connectivity index (χ4n) is 1.67. The van der Waals surface area contributed by atoms with Gasteiger partial charge in [-0.3, -0.25) is 9.59 Å². The molecule has 0 bridgehead atoms. The van der Waals surface area contributed by atoms with Crippen LogP contribution in [0.4, 0.5) is 0 Å². The average Bonchev–Trinajstić information content (AvgIpc) is 2.75. The minimum Gasteiger partial charge on any atom is -0.481 e. The summed E-state index contributed by atoms with van der Waals surface area (Å²) in [6.07, 6.45) is 0.535. The summed E-state index contributed by atoms with van der Waals surface area (Å²) in [5.41, 5.74) is 2.30. The standard InChI is InChI=1S/C13H20N2O3S/c1-13(2,3)11-10(19-8-14-11)12(18)15(4)7-5-6-9(16)17/h8H,5-7H2,1-4H3,(H,16,17). The van der Waals surface area contributed by atoms with Crippen LogP contribution in [0.2, 0.25) is 0 Å². The summed E-state index contributed by atoms with van der Waals surface area (Å²) in [5, 5.41) is 8.59. The first-order valence-corrected chi connectivity index (χ1v) is 7.02. The summed E-state index contributed by atoms with van der Waals surface area (Å²) < 4.78 is 0. The summed E-state index contributed by atoms with van der Waals surface area (Å²) in [7, 11) is 1.69. The lowest BCUT2D eigenvalue weighted by molar-refractivity contribution is -0.137. The van der Waals surface area contributed by atoms with Crippen LogP contribution in [-0.4, -0.2) is 40.5 Å². The molecule has 1 heterocycles. The molecule has 0 radical (unpaired) electrons. The van der Waals surface area contributed by atoms with Gasteiger partial charge in [0.1, 0.15) is 4.88 Å². The molecule has 1 N–H and O–H groups in total. The zero-order valence-corrected chi connectivity index (χ0v) is 12.6. The second-order valence-electron chi connectivity index (χ2n) is 5.50. The molecule has 1 rings (SSSR count). The van der Waals surface area contributed by atoms with E-state index in [1.54, 1.807) is 17.5 Å². The van der Waals surface area contributed by atoms with Gasteiger partial charge in [0.2, 0.25) is 0 Å². The first kappa shape index (κ1) is 15.6. The number of rotatable bonds is 5. The molecule has 5 nitrogen and oxygen atoms in total. The van der Waals surface area contributed by atoms with Gasteiger partial charge in [-0.2, -0.15) is 0 Å². The van der Waals surface area contributed by atoms with Crippen molar-refractivity contribution in [3.05, 3.63) is 16.1 Å². The zero-order valence-electron chi connectivity index (χ0n) is 11.8. The van der Waals surface area contributed by atoms with Crippen LogP contribution in [0.15, 0.2) is 5.51 Å². The van der Waals surface area contributed by atoms with Crippen LogP contribution in [0.5, 0.6) is 0 Å². The highest BCUT2D eigenvalue weighted by molar-refractivity contribution is 7.11. The molecule has 6 heteroatoms. The van der Waals surface area contributed by atoms with Gasteiger partial charge in [0.05, 0.1) is 11.2 Å². The number of aliphatic carboxylic acids is 1. The molecular formula is C13H20N2O3S. The highest BCUT2D eigenvalue weighted by atomic mass is 32.1. The van der Waals surface area contributed by atoms with Crippen molar-refractivity contribution < 1.29 is 14.7 Å². The summed E-state index contributed by atoms with van der Waals surface area (Å²) in [6, 6.07) is 0. The normalized spacial score (nSPS) is 11.4. The predicted octanol–water partition coefficient (Wildman–Crippen LogP) is 2.38. The first-order valence-electron chi connectivity index (χ1n) is 6.14. The molecule has 106 valence electrons. The molecule has 0 fully saturated rings. The largest absolute Gasteiger partial charge is 0.481 e. The molecule has 0 atom stereocenters. The van der Waals surface area contributed by atoms with Gasteiger partial charge in [-0.15, -0.1) is 11.3 Å². The van der Waals surface area contributed by atoms with Crippen molar-refractivity contribution in [2.24, 2.45) is 0 Å². The lowest BCUT2D eigenvalue weighted by Crippen LogP contribution is -2.29. The van der Waals surface area contributed by atoms with E-state index in [1.165, 1.54) is 11.3 Å². The van der Waals surface area contributed by atoms with Crippen molar-refractivity contribution in [3.8, 4) is 0 Å². The zero-order chi connectivity index (χ0) is 14.6. The van der Waals surface area contributed by atoms with E-state index in [4.69, 9.17) is 5.11 Å². The van der Waals surface area contributed by atoms with Gasteiger partial charge in [-0.05, 0) is 6.42 Å². The maximum Gasteiger partial charge on any atom is 0.303 e. The van der Waals surface area contributed by atoms with Gasteiger partial charge in [0.15, 0.2) is 0 Å². The number of hydrogen-bond acceptors (Lipinski definition) is 4. The molecule has 0 aliphatic rings. The van der Waals surface area contributed by atoms with Gasteiger partial charge in [0, 0.05) is 25.4 Å². The number of carbonyl (C=O) groups excluding carboxylic acids is 1. The third kappa shape index (κ3) is 4.31. The molecule has 0 saturated heterocycles. The Morgan fingerprint density at radius 1 is 1.42 bits per heavy atom. The predicted molar refractivity (Wildman–Crippen MR) is 74.6 cm³/mol. The smallest absolute Gasteiger partial charge is 0.303 e. The number of amides is 1. The van der Waals surface area contributed by atoms with E-state index in [1.807, 2.05) is 20.8 Å². The maximum absolute atomic E-state index is 12.3. The highest BCUT2D eigenvalue weighted by Crippen LogP contribution is 2.27. The molecule has 1 aromatic rings. The van der Waals surface area contributed by atoms with Crippen molar-refractivity contribution in [2.75, 3.05) is 13.6 Å². The SMILES string of the molecule is CN(CCCC(=O)O)C(=O)c1scnc1C(C)(C)C. The second-order valence-corrected chi connectivity index (χ2v) is 6.36. The number of carboxylic acids is 1. The average molecular weight is 284 g/mol. The molecule has 0 aromatic carbocycles. The monoisotopic (exact) mass is 284 g/mol. The van der Waals surface area contributed by atoms with Crippen molar-refractivity contribution >= 4 is 23.2 Å². The molecular weight excluding hydrogens is 264 g/mol. The van der Waals surface area contributed by atoms with Crippen LogP contribution < -0.4 is 0 Å². The van der Waals surface area contributed by atoms with Crippen LogP contribution in [0.25, 0.3) is 0 Å². The Kier molecular flexibility index (Phi) is 5.05. The molecule has 0 unspecified atom stereocenters. The minimum atomic E-state index is -0.839. The first-order chi connectivity index (χ1) is 8.73. The molecule has 19 heavy (non-hydrogen) atoms. The third-order valence-electron chi connectivity index (χ3n) is 2.70. The Hall–Kier alpha value is -1.43. The molecule has 0 aliphatic carbocycles. The van der Waals surface area contributed by atoms with Crippen molar-refractivity contribution in [1.29, 1.82) is 0 Å². The summed E-state index contributed by atoms with van der Waals surface area (Å²) in [5.74, 6) is -0.924. The third-order valence-corrected chi connectivity index (χ3v) is 3.52. The van der Waals surface area contributed by atoms with Crippen LogP contribution in [0.1, 0.15) is 49.0 Å².